The maximum atomic E-state index is 11.9. The second-order valence-corrected chi connectivity index (χ2v) is 6.30. The van der Waals surface area contributed by atoms with E-state index in [1.807, 2.05) is 37.6 Å². The van der Waals surface area contributed by atoms with E-state index in [0.717, 1.165) is 5.56 Å². The molecule has 0 fully saturated rings. The van der Waals surface area contributed by atoms with Crippen LogP contribution in [-0.4, -0.2) is 25.0 Å². The van der Waals surface area contributed by atoms with E-state index in [2.05, 4.69) is 5.32 Å². The predicted octanol–water partition coefficient (Wildman–Crippen LogP) is 2.38. The molecule has 4 nitrogen and oxygen atoms in total. The topological polar surface area (TPSA) is 55.4 Å². The zero-order valence-corrected chi connectivity index (χ0v) is 12.7. The summed E-state index contributed by atoms with van der Waals surface area (Å²) in [7, 11) is 1.33. The van der Waals surface area contributed by atoms with Gasteiger partial charge in [0.2, 0.25) is 5.91 Å². The number of aryl methyl sites for hydroxylation is 1. The smallest absolute Gasteiger partial charge is 0.328 e. The molecule has 0 aromatic carbocycles. The summed E-state index contributed by atoms with van der Waals surface area (Å²) in [4.78, 5) is 23.6. The van der Waals surface area contributed by atoms with Gasteiger partial charge in [-0.25, -0.2) is 4.79 Å². The third-order valence-electron chi connectivity index (χ3n) is 2.83. The van der Waals surface area contributed by atoms with Gasteiger partial charge in [0.05, 0.1) is 7.11 Å². The van der Waals surface area contributed by atoms with Crippen molar-refractivity contribution < 1.29 is 14.3 Å². The molecule has 0 saturated carbocycles. The molecule has 5 heteroatoms. The molecule has 19 heavy (non-hydrogen) atoms. The fourth-order valence-electron chi connectivity index (χ4n) is 1.67. The van der Waals surface area contributed by atoms with Gasteiger partial charge in [0.25, 0.3) is 0 Å². The highest BCUT2D eigenvalue weighted by Gasteiger charge is 2.33. The van der Waals surface area contributed by atoms with E-state index in [0.29, 0.717) is 12.8 Å². The van der Waals surface area contributed by atoms with Crippen molar-refractivity contribution in [2.75, 3.05) is 7.11 Å². The van der Waals surface area contributed by atoms with Gasteiger partial charge in [-0.2, -0.15) is 11.3 Å². The SMILES string of the molecule is COC(=O)[C@@H](NC(=O)CCc1ccsc1)C(C)(C)C. The molecule has 0 unspecified atom stereocenters. The second-order valence-electron chi connectivity index (χ2n) is 5.52. The van der Waals surface area contributed by atoms with Crippen LogP contribution in [0.4, 0.5) is 0 Å². The highest BCUT2D eigenvalue weighted by Crippen LogP contribution is 2.20. The molecule has 0 aliphatic heterocycles. The lowest BCUT2D eigenvalue weighted by Gasteiger charge is -2.29. The third-order valence-corrected chi connectivity index (χ3v) is 3.56. The van der Waals surface area contributed by atoms with E-state index < -0.39 is 12.0 Å². The minimum Gasteiger partial charge on any atom is -0.467 e. The number of hydrogen-bond acceptors (Lipinski definition) is 4. The molecule has 1 amide bonds. The van der Waals surface area contributed by atoms with E-state index in [1.54, 1.807) is 11.3 Å². The standard InChI is InChI=1S/C14H21NO3S/c1-14(2,3)12(13(17)18-4)15-11(16)6-5-10-7-8-19-9-10/h7-9,12H,5-6H2,1-4H3,(H,15,16)/t12-/m1/s1. The number of carbonyl (C=O) groups is 2. The van der Waals surface area contributed by atoms with Crippen LogP contribution in [0, 0.1) is 5.41 Å². The van der Waals surface area contributed by atoms with Crippen LogP contribution >= 0.6 is 11.3 Å². The summed E-state index contributed by atoms with van der Waals surface area (Å²) in [5, 5.41) is 6.77. The number of nitrogens with one attached hydrogen (secondary N) is 1. The number of amides is 1. The van der Waals surface area contributed by atoms with Crippen molar-refractivity contribution in [3.05, 3.63) is 22.4 Å². The minimum absolute atomic E-state index is 0.128. The molecule has 0 radical (unpaired) electrons. The van der Waals surface area contributed by atoms with Gasteiger partial charge in [-0.1, -0.05) is 20.8 Å². The fourth-order valence-corrected chi connectivity index (χ4v) is 2.38. The van der Waals surface area contributed by atoms with Crippen molar-refractivity contribution in [2.24, 2.45) is 5.41 Å². The largest absolute Gasteiger partial charge is 0.467 e. The highest BCUT2D eigenvalue weighted by atomic mass is 32.1. The Bertz CT molecular complexity index is 420. The number of hydrogen-bond donors (Lipinski definition) is 1. The van der Waals surface area contributed by atoms with Gasteiger partial charge >= 0.3 is 5.97 Å². The Labute approximate surface area is 118 Å². The molecular formula is C14H21NO3S. The normalized spacial score (nSPS) is 12.8. The first-order valence-electron chi connectivity index (χ1n) is 6.23. The minimum atomic E-state index is -0.618. The van der Waals surface area contributed by atoms with Crippen LogP contribution in [0.5, 0.6) is 0 Å². The number of esters is 1. The summed E-state index contributed by atoms with van der Waals surface area (Å²) in [6.07, 6.45) is 1.06. The first kappa shape index (κ1) is 15.7. The summed E-state index contributed by atoms with van der Waals surface area (Å²) in [6, 6.07) is 1.38. The Hall–Kier alpha value is -1.36. The summed E-state index contributed by atoms with van der Waals surface area (Å²) >= 11 is 1.61. The van der Waals surface area contributed by atoms with Crippen LogP contribution in [0.3, 0.4) is 0 Å². The average molecular weight is 283 g/mol. The van der Waals surface area contributed by atoms with Crippen molar-refractivity contribution in [3.8, 4) is 0 Å². The van der Waals surface area contributed by atoms with Gasteiger partial charge in [-0.05, 0) is 34.2 Å². The first-order chi connectivity index (χ1) is 8.84. The quantitative estimate of drug-likeness (QED) is 0.844. The predicted molar refractivity (Wildman–Crippen MR) is 76.0 cm³/mol. The maximum absolute atomic E-state index is 11.9. The Morgan fingerprint density at radius 3 is 2.58 bits per heavy atom. The molecule has 1 aromatic heterocycles. The van der Waals surface area contributed by atoms with Gasteiger partial charge < -0.3 is 10.1 Å². The lowest BCUT2D eigenvalue weighted by atomic mass is 9.86. The maximum Gasteiger partial charge on any atom is 0.328 e. The molecule has 0 bridgehead atoms. The van der Waals surface area contributed by atoms with Crippen LogP contribution in [0.15, 0.2) is 16.8 Å². The van der Waals surface area contributed by atoms with Gasteiger partial charge in [-0.3, -0.25) is 4.79 Å². The van der Waals surface area contributed by atoms with E-state index >= 15 is 0 Å². The van der Waals surface area contributed by atoms with Crippen molar-refractivity contribution in [3.63, 3.8) is 0 Å². The van der Waals surface area contributed by atoms with Crippen molar-refractivity contribution in [1.29, 1.82) is 0 Å². The average Bonchev–Trinajstić information content (AvgIpc) is 2.84. The Kier molecular flexibility index (Phi) is 5.54. The molecular weight excluding hydrogens is 262 g/mol. The number of thiophene rings is 1. The first-order valence-corrected chi connectivity index (χ1v) is 7.17. The summed E-state index contributed by atoms with van der Waals surface area (Å²) in [5.74, 6) is -0.534. The van der Waals surface area contributed by atoms with Crippen molar-refractivity contribution in [1.82, 2.24) is 5.32 Å². The molecule has 1 heterocycles. The van der Waals surface area contributed by atoms with Crippen LogP contribution < -0.4 is 5.32 Å². The number of carbonyl (C=O) groups excluding carboxylic acids is 2. The Morgan fingerprint density at radius 1 is 1.42 bits per heavy atom. The van der Waals surface area contributed by atoms with Gasteiger partial charge in [0.1, 0.15) is 6.04 Å². The van der Waals surface area contributed by atoms with Crippen molar-refractivity contribution in [2.45, 2.75) is 39.7 Å². The molecule has 1 aromatic rings. The van der Waals surface area contributed by atoms with E-state index in [1.165, 1.54) is 7.11 Å². The lowest BCUT2D eigenvalue weighted by molar-refractivity contribution is -0.148. The molecule has 106 valence electrons. The Morgan fingerprint density at radius 2 is 2.11 bits per heavy atom. The van der Waals surface area contributed by atoms with E-state index in [9.17, 15) is 9.59 Å². The van der Waals surface area contributed by atoms with Crippen LogP contribution in [0.2, 0.25) is 0 Å². The van der Waals surface area contributed by atoms with Gasteiger partial charge in [0.15, 0.2) is 0 Å². The van der Waals surface area contributed by atoms with E-state index in [4.69, 9.17) is 4.74 Å². The monoisotopic (exact) mass is 283 g/mol. The zero-order chi connectivity index (χ0) is 14.5. The van der Waals surface area contributed by atoms with E-state index in [-0.39, 0.29) is 11.3 Å². The van der Waals surface area contributed by atoms with Crippen LogP contribution in [0.1, 0.15) is 32.8 Å². The lowest BCUT2D eigenvalue weighted by Crippen LogP contribution is -2.49. The second kappa shape index (κ2) is 6.70. The molecule has 0 spiro atoms. The van der Waals surface area contributed by atoms with Gasteiger partial charge in [-0.15, -0.1) is 0 Å². The molecule has 1 rings (SSSR count). The van der Waals surface area contributed by atoms with Crippen LogP contribution in [0.25, 0.3) is 0 Å². The summed E-state index contributed by atoms with van der Waals surface area (Å²) < 4.78 is 4.74. The number of methoxy groups -OCH3 is 1. The van der Waals surface area contributed by atoms with Gasteiger partial charge in [0, 0.05) is 6.42 Å². The number of rotatable bonds is 5. The molecule has 1 atom stereocenters. The molecule has 0 aliphatic carbocycles. The van der Waals surface area contributed by atoms with Crippen molar-refractivity contribution >= 4 is 23.2 Å². The fraction of sp³-hybridized carbons (Fsp3) is 0.571. The molecule has 1 N–H and O–H groups in total. The zero-order valence-electron chi connectivity index (χ0n) is 11.9. The Balaban J connectivity index is 2.54. The van der Waals surface area contributed by atoms with Crippen LogP contribution in [-0.2, 0) is 20.7 Å². The third kappa shape index (κ3) is 5.03. The number of ether oxygens (including phenoxy) is 1. The molecule has 0 saturated heterocycles. The summed E-state index contributed by atoms with van der Waals surface area (Å²) in [5.41, 5.74) is 0.774. The molecule has 0 aliphatic rings. The summed E-state index contributed by atoms with van der Waals surface area (Å²) in [6.45, 7) is 5.69. The highest BCUT2D eigenvalue weighted by molar-refractivity contribution is 7.07.